The Morgan fingerprint density at radius 1 is 1.24 bits per heavy atom. The van der Waals surface area contributed by atoms with Crippen molar-refractivity contribution in [2.45, 2.75) is 6.42 Å². The van der Waals surface area contributed by atoms with Gasteiger partial charge in [0.25, 0.3) is 0 Å². The summed E-state index contributed by atoms with van der Waals surface area (Å²) < 4.78 is 16.2. The molecule has 132 valence electrons. The van der Waals surface area contributed by atoms with Crippen LogP contribution in [0.1, 0.15) is 21.7 Å². The first-order valence-corrected chi connectivity index (χ1v) is 7.42. The number of hydrogen-bond acceptors (Lipinski definition) is 5. The molecular weight excluding hydrogens is 324 g/mol. The van der Waals surface area contributed by atoms with Gasteiger partial charge in [-0.3, -0.25) is 0 Å². The summed E-state index contributed by atoms with van der Waals surface area (Å²) in [4.78, 5) is 14.4. The third kappa shape index (κ3) is 3.08. The van der Waals surface area contributed by atoms with Crippen LogP contribution >= 0.6 is 0 Å². The third-order valence-electron chi connectivity index (χ3n) is 3.81. The molecule has 0 radical (unpaired) electrons. The molecule has 1 aromatic heterocycles. The number of nitrogens with one attached hydrogen (secondary N) is 2. The maximum atomic E-state index is 11.6. The summed E-state index contributed by atoms with van der Waals surface area (Å²) in [5, 5.41) is 17.1. The summed E-state index contributed by atoms with van der Waals surface area (Å²) in [6.45, 7) is 3.69. The van der Waals surface area contributed by atoms with Gasteiger partial charge in [-0.15, -0.1) is 6.58 Å². The van der Waals surface area contributed by atoms with E-state index in [0.29, 0.717) is 46.1 Å². The Hall–Kier alpha value is -3.22. The number of aromatic amines is 1. The predicted octanol–water partition coefficient (Wildman–Crippen LogP) is 3.13. The van der Waals surface area contributed by atoms with Gasteiger partial charge in [-0.25, -0.2) is 4.79 Å². The highest BCUT2D eigenvalue weighted by Crippen LogP contribution is 2.46. The number of carbonyl (C=O) groups is 1. The van der Waals surface area contributed by atoms with Gasteiger partial charge in [-0.1, -0.05) is 6.08 Å². The summed E-state index contributed by atoms with van der Waals surface area (Å²) in [6.07, 6.45) is 3.00. The molecule has 0 atom stereocenters. The van der Waals surface area contributed by atoms with E-state index < -0.39 is 5.97 Å². The van der Waals surface area contributed by atoms with Crippen molar-refractivity contribution in [1.29, 1.82) is 5.41 Å². The Kier molecular flexibility index (Phi) is 5.49. The highest BCUT2D eigenvalue weighted by Gasteiger charge is 2.26. The molecular formula is C18H20N2O5. The number of rotatable bonds is 8. The van der Waals surface area contributed by atoms with Crippen LogP contribution in [0, 0.1) is 5.41 Å². The number of benzene rings is 1. The highest BCUT2D eigenvalue weighted by atomic mass is 16.5. The molecule has 7 heteroatoms. The van der Waals surface area contributed by atoms with Crippen molar-refractivity contribution in [2.75, 3.05) is 21.3 Å². The van der Waals surface area contributed by atoms with E-state index in [2.05, 4.69) is 11.6 Å². The number of ether oxygens (including phenoxy) is 3. The molecule has 2 aromatic rings. The largest absolute Gasteiger partial charge is 0.493 e. The van der Waals surface area contributed by atoms with Crippen molar-refractivity contribution in [2.24, 2.45) is 0 Å². The minimum absolute atomic E-state index is 0.0187. The van der Waals surface area contributed by atoms with Crippen molar-refractivity contribution in [3.8, 4) is 28.4 Å². The second kappa shape index (κ2) is 7.57. The van der Waals surface area contributed by atoms with Gasteiger partial charge in [0.05, 0.1) is 27.0 Å². The normalized spacial score (nSPS) is 10.2. The van der Waals surface area contributed by atoms with E-state index in [9.17, 15) is 9.90 Å². The summed E-state index contributed by atoms with van der Waals surface area (Å²) in [5.41, 5.74) is 2.06. The van der Waals surface area contributed by atoms with Gasteiger partial charge >= 0.3 is 5.97 Å². The van der Waals surface area contributed by atoms with Crippen molar-refractivity contribution >= 4 is 12.2 Å². The van der Waals surface area contributed by atoms with E-state index in [1.54, 1.807) is 18.2 Å². The topological polar surface area (TPSA) is 105 Å². The second-order valence-corrected chi connectivity index (χ2v) is 5.09. The molecule has 0 saturated heterocycles. The van der Waals surface area contributed by atoms with Gasteiger partial charge in [0.15, 0.2) is 11.5 Å². The maximum absolute atomic E-state index is 11.6. The fourth-order valence-corrected chi connectivity index (χ4v) is 2.81. The lowest BCUT2D eigenvalue weighted by molar-refractivity contribution is 0.0690. The van der Waals surface area contributed by atoms with Gasteiger partial charge in [-0.05, 0) is 24.1 Å². The van der Waals surface area contributed by atoms with Crippen LogP contribution in [0.3, 0.4) is 0 Å². The molecule has 25 heavy (non-hydrogen) atoms. The van der Waals surface area contributed by atoms with E-state index in [0.717, 1.165) is 6.21 Å². The summed E-state index contributed by atoms with van der Waals surface area (Å²) in [6, 6.07) is 3.45. The monoisotopic (exact) mass is 344 g/mol. The number of aromatic carboxylic acids is 1. The second-order valence-electron chi connectivity index (χ2n) is 5.09. The highest BCUT2D eigenvalue weighted by molar-refractivity contribution is 5.99. The average molecular weight is 344 g/mol. The molecule has 2 rings (SSSR count). The molecule has 0 bridgehead atoms. The van der Waals surface area contributed by atoms with Crippen LogP contribution < -0.4 is 14.2 Å². The van der Waals surface area contributed by atoms with Crippen LogP contribution in [0.4, 0.5) is 0 Å². The number of carboxylic acids is 1. The Labute approximate surface area is 145 Å². The van der Waals surface area contributed by atoms with Crippen LogP contribution in [-0.4, -0.2) is 43.6 Å². The first kappa shape index (κ1) is 18.1. The molecule has 0 aliphatic rings. The molecule has 0 spiro atoms. The first-order valence-electron chi connectivity index (χ1n) is 7.42. The number of H-pyrrole nitrogens is 1. The zero-order valence-corrected chi connectivity index (χ0v) is 14.3. The number of allylic oxidation sites excluding steroid dienone is 1. The van der Waals surface area contributed by atoms with Crippen LogP contribution in [0.15, 0.2) is 24.8 Å². The van der Waals surface area contributed by atoms with Crippen LogP contribution in [-0.2, 0) is 6.42 Å². The Balaban J connectivity index is 2.88. The number of aromatic nitrogens is 1. The molecule has 0 aliphatic carbocycles. The Morgan fingerprint density at radius 2 is 1.92 bits per heavy atom. The molecule has 0 aliphatic heterocycles. The minimum Gasteiger partial charge on any atom is -0.493 e. The molecule has 0 unspecified atom stereocenters. The number of hydrogen-bond donors (Lipinski definition) is 3. The smallest absolute Gasteiger partial charge is 0.352 e. The lowest BCUT2D eigenvalue weighted by Gasteiger charge is -2.16. The molecule has 1 heterocycles. The molecule has 1 aromatic carbocycles. The Morgan fingerprint density at radius 3 is 2.40 bits per heavy atom. The first-order chi connectivity index (χ1) is 12.0. The maximum Gasteiger partial charge on any atom is 0.352 e. The summed E-state index contributed by atoms with van der Waals surface area (Å²) in [5.74, 6) is 0.164. The fourth-order valence-electron chi connectivity index (χ4n) is 2.81. The SMILES string of the molecule is C=CCc1c(C(=O)O)[nH]c(C=N)c1-c1ccc(OC)c(OC)c1OC. The van der Waals surface area contributed by atoms with Crippen LogP contribution in [0.2, 0.25) is 0 Å². The van der Waals surface area contributed by atoms with E-state index in [1.807, 2.05) is 0 Å². The van der Waals surface area contributed by atoms with Gasteiger partial charge in [0, 0.05) is 17.3 Å². The van der Waals surface area contributed by atoms with E-state index in [1.165, 1.54) is 21.3 Å². The van der Waals surface area contributed by atoms with Gasteiger partial charge in [0.2, 0.25) is 5.75 Å². The summed E-state index contributed by atoms with van der Waals surface area (Å²) >= 11 is 0. The van der Waals surface area contributed by atoms with Gasteiger partial charge in [0.1, 0.15) is 5.69 Å². The zero-order valence-electron chi connectivity index (χ0n) is 14.3. The van der Waals surface area contributed by atoms with Gasteiger partial charge < -0.3 is 29.7 Å². The minimum atomic E-state index is -1.11. The van der Waals surface area contributed by atoms with E-state index in [4.69, 9.17) is 19.6 Å². The molecule has 0 saturated carbocycles. The van der Waals surface area contributed by atoms with Crippen LogP contribution in [0.5, 0.6) is 17.2 Å². The lowest BCUT2D eigenvalue weighted by Crippen LogP contribution is -2.02. The fraction of sp³-hybridized carbons (Fsp3) is 0.222. The van der Waals surface area contributed by atoms with E-state index >= 15 is 0 Å². The average Bonchev–Trinajstić information content (AvgIpc) is 2.99. The van der Waals surface area contributed by atoms with Crippen LogP contribution in [0.25, 0.3) is 11.1 Å². The zero-order chi connectivity index (χ0) is 18.6. The quantitative estimate of drug-likeness (QED) is 0.504. The third-order valence-corrected chi connectivity index (χ3v) is 3.81. The summed E-state index contributed by atoms with van der Waals surface area (Å²) in [7, 11) is 4.50. The molecule has 0 amide bonds. The number of carboxylic acid groups (broad SMARTS) is 1. The Bertz CT molecular complexity index is 823. The van der Waals surface area contributed by atoms with Crippen molar-refractivity contribution in [3.63, 3.8) is 0 Å². The lowest BCUT2D eigenvalue weighted by atomic mass is 9.96. The van der Waals surface area contributed by atoms with E-state index in [-0.39, 0.29) is 5.69 Å². The van der Waals surface area contributed by atoms with Gasteiger partial charge in [-0.2, -0.15) is 0 Å². The molecule has 7 nitrogen and oxygen atoms in total. The van der Waals surface area contributed by atoms with Crippen molar-refractivity contribution in [3.05, 3.63) is 41.7 Å². The van der Waals surface area contributed by atoms with Crippen molar-refractivity contribution < 1.29 is 24.1 Å². The molecule has 3 N–H and O–H groups in total. The number of methoxy groups -OCH3 is 3. The standard InChI is InChI=1S/C18H20N2O5/c1-5-6-10-14(12(9-19)20-15(10)18(21)22)11-7-8-13(23-2)17(25-4)16(11)24-3/h5,7-9,19-20H,1,6H2,2-4H3,(H,21,22). The molecule has 0 fully saturated rings. The van der Waals surface area contributed by atoms with Crippen molar-refractivity contribution in [1.82, 2.24) is 4.98 Å². The predicted molar refractivity (Wildman–Crippen MR) is 94.6 cm³/mol.